The predicted octanol–water partition coefficient (Wildman–Crippen LogP) is 3.82. The lowest BCUT2D eigenvalue weighted by molar-refractivity contribution is -0.276. The van der Waals surface area contributed by atoms with E-state index >= 15 is 0 Å². The number of pyridine rings is 1. The van der Waals surface area contributed by atoms with Gasteiger partial charge in [-0.2, -0.15) is 13.2 Å². The van der Waals surface area contributed by atoms with Crippen LogP contribution in [0.1, 0.15) is 11.3 Å². The van der Waals surface area contributed by atoms with Gasteiger partial charge in [0.05, 0.1) is 11.3 Å². The molecule has 21 heavy (non-hydrogen) atoms. The number of ether oxygens (including phenoxy) is 1. The third-order valence-electron chi connectivity index (χ3n) is 1.92. The second-order valence-corrected chi connectivity index (χ2v) is 6.44. The van der Waals surface area contributed by atoms with Crippen LogP contribution in [0.4, 0.5) is 26.3 Å². The van der Waals surface area contributed by atoms with Crippen molar-refractivity contribution in [3.05, 3.63) is 17.3 Å². The van der Waals surface area contributed by atoms with Crippen molar-refractivity contribution in [1.29, 1.82) is 0 Å². The molecule has 13 heteroatoms. The Labute approximate surface area is 126 Å². The van der Waals surface area contributed by atoms with Crippen molar-refractivity contribution in [2.45, 2.75) is 22.9 Å². The zero-order chi connectivity index (χ0) is 16.6. The maximum Gasteiger partial charge on any atom is 0.573 e. The molecule has 0 saturated carbocycles. The van der Waals surface area contributed by atoms with Gasteiger partial charge in [-0.25, -0.2) is 13.4 Å². The van der Waals surface area contributed by atoms with Gasteiger partial charge >= 0.3 is 12.5 Å². The number of hydrogen-bond donors (Lipinski definition) is 0. The molecule has 0 unspecified atom stereocenters. The Hall–Kier alpha value is -0.750. The van der Waals surface area contributed by atoms with Crippen molar-refractivity contribution >= 4 is 35.7 Å². The first-order chi connectivity index (χ1) is 9.25. The molecule has 0 N–H and O–H groups in total. The number of aromatic nitrogens is 1. The van der Waals surface area contributed by atoms with Crippen LogP contribution in [0.5, 0.6) is 5.75 Å². The van der Waals surface area contributed by atoms with Crippen LogP contribution in [-0.4, -0.2) is 19.8 Å². The van der Waals surface area contributed by atoms with E-state index in [0.29, 0.717) is 0 Å². The van der Waals surface area contributed by atoms with E-state index in [0.717, 1.165) is 0 Å². The highest BCUT2D eigenvalue weighted by molar-refractivity contribution is 9.08. The molecule has 0 aliphatic rings. The predicted molar refractivity (Wildman–Crippen MR) is 61.6 cm³/mol. The molecular formula is C8H3BrClF6NO3S. The highest BCUT2D eigenvalue weighted by Crippen LogP contribution is 2.39. The molecular weight excluding hydrogens is 420 g/mol. The standard InChI is InChI=1S/C8H3BrClF6NO3S/c9-2-4-3(7(11,12)13)1-5(20-8(14,15)16)6(17-4)21(10,18)19/h1H,2H2. The third-order valence-corrected chi connectivity index (χ3v) is 3.65. The summed E-state index contributed by atoms with van der Waals surface area (Å²) in [5.41, 5.74) is -2.43. The van der Waals surface area contributed by atoms with Crippen LogP contribution >= 0.6 is 26.6 Å². The minimum atomic E-state index is -5.42. The third kappa shape index (κ3) is 4.88. The molecule has 0 spiro atoms. The first-order valence-corrected chi connectivity index (χ1v) is 8.06. The molecule has 0 amide bonds. The monoisotopic (exact) mass is 421 g/mol. The number of rotatable bonds is 3. The number of halogens is 8. The topological polar surface area (TPSA) is 56.3 Å². The van der Waals surface area contributed by atoms with Crippen LogP contribution < -0.4 is 4.74 Å². The van der Waals surface area contributed by atoms with E-state index in [9.17, 15) is 34.8 Å². The SMILES string of the molecule is O=S(=O)(Cl)c1nc(CBr)c(C(F)(F)F)cc1OC(F)(F)F. The van der Waals surface area contributed by atoms with E-state index in [4.69, 9.17) is 10.7 Å². The van der Waals surface area contributed by atoms with Gasteiger partial charge in [-0.15, -0.1) is 13.2 Å². The summed E-state index contributed by atoms with van der Waals surface area (Å²) in [5.74, 6) is -1.66. The van der Waals surface area contributed by atoms with Gasteiger partial charge < -0.3 is 4.74 Å². The van der Waals surface area contributed by atoms with Gasteiger partial charge in [-0.05, 0) is 6.07 Å². The highest BCUT2D eigenvalue weighted by Gasteiger charge is 2.40. The summed E-state index contributed by atoms with van der Waals surface area (Å²) in [6.07, 6.45) is -10.5. The molecule has 120 valence electrons. The Kier molecular flexibility index (Phi) is 5.05. The van der Waals surface area contributed by atoms with E-state index in [2.05, 4.69) is 25.7 Å². The first kappa shape index (κ1) is 18.3. The Morgan fingerprint density at radius 1 is 1.24 bits per heavy atom. The second-order valence-electron chi connectivity index (χ2n) is 3.40. The summed E-state index contributed by atoms with van der Waals surface area (Å²) in [6, 6.07) is -0.119. The Balaban J connectivity index is 3.66. The summed E-state index contributed by atoms with van der Waals surface area (Å²) in [7, 11) is 0.00116. The van der Waals surface area contributed by atoms with Crippen LogP contribution in [0.2, 0.25) is 0 Å². The van der Waals surface area contributed by atoms with Gasteiger partial charge in [-0.3, -0.25) is 0 Å². The fraction of sp³-hybridized carbons (Fsp3) is 0.375. The second kappa shape index (κ2) is 5.80. The molecule has 0 radical (unpaired) electrons. The Morgan fingerprint density at radius 3 is 2.10 bits per heavy atom. The maximum absolute atomic E-state index is 12.7. The molecule has 0 aliphatic carbocycles. The molecule has 0 aliphatic heterocycles. The fourth-order valence-electron chi connectivity index (χ4n) is 1.23. The largest absolute Gasteiger partial charge is 0.573 e. The molecule has 1 rings (SSSR count). The van der Waals surface area contributed by atoms with Crippen LogP contribution in [0, 0.1) is 0 Å². The minimum Gasteiger partial charge on any atom is -0.403 e. The molecule has 1 aromatic heterocycles. The summed E-state index contributed by atoms with van der Waals surface area (Å²) < 4.78 is 100. The average Bonchev–Trinajstić information content (AvgIpc) is 2.23. The maximum atomic E-state index is 12.7. The number of nitrogens with zero attached hydrogens (tertiary/aromatic N) is 1. The van der Waals surface area contributed by atoms with Crippen LogP contribution in [0.3, 0.4) is 0 Å². The molecule has 1 heterocycles. The van der Waals surface area contributed by atoms with Gasteiger partial charge in [-0.1, -0.05) is 15.9 Å². The van der Waals surface area contributed by atoms with Crippen LogP contribution in [0.25, 0.3) is 0 Å². The summed E-state index contributed by atoms with van der Waals surface area (Å²) in [4.78, 5) is 3.00. The molecule has 4 nitrogen and oxygen atoms in total. The molecule has 0 saturated heterocycles. The normalized spacial score (nSPS) is 13.3. The molecule has 0 aromatic carbocycles. The van der Waals surface area contributed by atoms with Crippen molar-refractivity contribution < 1.29 is 39.5 Å². The lowest BCUT2D eigenvalue weighted by atomic mass is 10.2. The van der Waals surface area contributed by atoms with Crippen LogP contribution in [-0.2, 0) is 20.6 Å². The zero-order valence-corrected chi connectivity index (χ0v) is 12.5. The first-order valence-electron chi connectivity index (χ1n) is 4.63. The van der Waals surface area contributed by atoms with Crippen molar-refractivity contribution in [2.24, 2.45) is 0 Å². The van der Waals surface area contributed by atoms with E-state index in [-0.39, 0.29) is 6.07 Å². The Bertz CT molecular complexity index is 645. The quantitative estimate of drug-likeness (QED) is 0.422. The lowest BCUT2D eigenvalue weighted by Crippen LogP contribution is -2.21. The molecule has 0 bridgehead atoms. The van der Waals surface area contributed by atoms with E-state index in [1.807, 2.05) is 0 Å². The van der Waals surface area contributed by atoms with Crippen LogP contribution in [0.15, 0.2) is 11.1 Å². The molecule has 1 aromatic rings. The van der Waals surface area contributed by atoms with Crippen molar-refractivity contribution in [3.63, 3.8) is 0 Å². The minimum absolute atomic E-state index is 0.119. The van der Waals surface area contributed by atoms with Gasteiger partial charge in [0, 0.05) is 16.0 Å². The highest BCUT2D eigenvalue weighted by atomic mass is 79.9. The van der Waals surface area contributed by atoms with E-state index < -0.39 is 49.0 Å². The van der Waals surface area contributed by atoms with Crippen molar-refractivity contribution in [1.82, 2.24) is 4.98 Å². The number of alkyl halides is 7. The van der Waals surface area contributed by atoms with Gasteiger partial charge in [0.25, 0.3) is 9.05 Å². The average molecular weight is 423 g/mol. The van der Waals surface area contributed by atoms with Crippen molar-refractivity contribution in [3.8, 4) is 5.75 Å². The molecule has 0 atom stereocenters. The van der Waals surface area contributed by atoms with Gasteiger partial charge in [0.2, 0.25) is 5.03 Å². The number of hydrogen-bond acceptors (Lipinski definition) is 4. The van der Waals surface area contributed by atoms with Gasteiger partial charge in [0.1, 0.15) is 0 Å². The fourth-order valence-corrected chi connectivity index (χ4v) is 2.55. The van der Waals surface area contributed by atoms with E-state index in [1.54, 1.807) is 0 Å². The summed E-state index contributed by atoms with van der Waals surface area (Å²) >= 11 is 2.62. The summed E-state index contributed by atoms with van der Waals surface area (Å²) in [6.45, 7) is 0. The Morgan fingerprint density at radius 2 is 1.76 bits per heavy atom. The van der Waals surface area contributed by atoms with Gasteiger partial charge in [0.15, 0.2) is 5.75 Å². The lowest BCUT2D eigenvalue weighted by Gasteiger charge is -2.16. The molecule has 0 fully saturated rings. The van der Waals surface area contributed by atoms with E-state index in [1.165, 1.54) is 0 Å². The van der Waals surface area contributed by atoms with Crippen molar-refractivity contribution in [2.75, 3.05) is 0 Å². The smallest absolute Gasteiger partial charge is 0.403 e. The summed E-state index contributed by atoms with van der Waals surface area (Å²) in [5, 5.41) is -2.02. The zero-order valence-electron chi connectivity index (χ0n) is 9.39.